The smallest absolute Gasteiger partial charge is 0.191 e. The molecule has 2 heterocycles. The highest BCUT2D eigenvalue weighted by Gasteiger charge is 1.98. The molecule has 5 nitrogen and oxygen atoms in total. The van der Waals surface area contributed by atoms with Crippen LogP contribution in [0.1, 0.15) is 18.9 Å². The number of thiophene rings is 1. The topological polar surface area (TPSA) is 54.2 Å². The van der Waals surface area contributed by atoms with E-state index in [9.17, 15) is 0 Å². The van der Waals surface area contributed by atoms with E-state index < -0.39 is 0 Å². The van der Waals surface area contributed by atoms with Crippen molar-refractivity contribution >= 4 is 17.3 Å². The first-order valence-electron chi connectivity index (χ1n) is 6.89. The van der Waals surface area contributed by atoms with Crippen molar-refractivity contribution in [3.8, 4) is 0 Å². The Hall–Kier alpha value is -1.82. The van der Waals surface area contributed by atoms with E-state index in [2.05, 4.69) is 44.5 Å². The molecule has 0 amide bonds. The highest BCUT2D eigenvalue weighted by atomic mass is 32.1. The van der Waals surface area contributed by atoms with E-state index in [-0.39, 0.29) is 0 Å². The zero-order chi connectivity index (χ0) is 14.0. The van der Waals surface area contributed by atoms with Gasteiger partial charge in [-0.15, -0.1) is 0 Å². The van der Waals surface area contributed by atoms with Crippen molar-refractivity contribution in [3.05, 3.63) is 40.8 Å². The summed E-state index contributed by atoms with van der Waals surface area (Å²) in [7, 11) is 0. The average Bonchev–Trinajstić information content (AvgIpc) is 3.13. The molecule has 0 aromatic carbocycles. The summed E-state index contributed by atoms with van der Waals surface area (Å²) in [6.07, 6.45) is 4.81. The van der Waals surface area contributed by atoms with Crippen LogP contribution in [0.3, 0.4) is 0 Å². The molecule has 0 atom stereocenters. The number of guanidine groups is 1. The molecule has 2 aromatic rings. The molecule has 0 aliphatic carbocycles. The summed E-state index contributed by atoms with van der Waals surface area (Å²) in [5.41, 5.74) is 1.25. The Labute approximate surface area is 123 Å². The molecule has 0 saturated carbocycles. The van der Waals surface area contributed by atoms with Gasteiger partial charge in [-0.25, -0.2) is 4.99 Å². The van der Waals surface area contributed by atoms with E-state index in [0.29, 0.717) is 0 Å². The lowest BCUT2D eigenvalue weighted by Crippen LogP contribution is -2.38. The van der Waals surface area contributed by atoms with Crippen LogP contribution in [-0.4, -0.2) is 28.8 Å². The first-order valence-corrected chi connectivity index (χ1v) is 7.83. The second-order valence-corrected chi connectivity index (χ2v) is 5.16. The van der Waals surface area contributed by atoms with E-state index in [1.165, 1.54) is 5.56 Å². The van der Waals surface area contributed by atoms with Gasteiger partial charge in [-0.2, -0.15) is 16.4 Å². The van der Waals surface area contributed by atoms with Gasteiger partial charge in [0.25, 0.3) is 0 Å². The van der Waals surface area contributed by atoms with Gasteiger partial charge in [0, 0.05) is 32.0 Å². The third-order valence-electron chi connectivity index (χ3n) is 2.76. The second kappa shape index (κ2) is 8.37. The van der Waals surface area contributed by atoms with Crippen LogP contribution in [0, 0.1) is 0 Å². The van der Waals surface area contributed by atoms with E-state index >= 15 is 0 Å². The Bertz CT molecular complexity index is 490. The highest BCUT2D eigenvalue weighted by molar-refractivity contribution is 7.07. The van der Waals surface area contributed by atoms with Gasteiger partial charge in [0.15, 0.2) is 5.96 Å². The Morgan fingerprint density at radius 2 is 2.40 bits per heavy atom. The summed E-state index contributed by atoms with van der Waals surface area (Å²) < 4.78 is 1.94. The Morgan fingerprint density at radius 1 is 1.45 bits per heavy atom. The van der Waals surface area contributed by atoms with Gasteiger partial charge in [0.1, 0.15) is 0 Å². The van der Waals surface area contributed by atoms with Crippen molar-refractivity contribution in [1.82, 2.24) is 20.4 Å². The molecule has 0 unspecified atom stereocenters. The number of rotatable bonds is 7. The molecule has 2 aromatic heterocycles. The minimum atomic E-state index is 0.720. The number of nitrogens with one attached hydrogen (secondary N) is 2. The van der Waals surface area contributed by atoms with Crippen LogP contribution in [-0.2, 0) is 13.1 Å². The fourth-order valence-electron chi connectivity index (χ4n) is 1.78. The van der Waals surface area contributed by atoms with Gasteiger partial charge in [0.2, 0.25) is 0 Å². The third kappa shape index (κ3) is 5.05. The van der Waals surface area contributed by atoms with Crippen LogP contribution in [0.15, 0.2) is 40.3 Å². The van der Waals surface area contributed by atoms with E-state index in [0.717, 1.165) is 38.6 Å². The van der Waals surface area contributed by atoms with Crippen LogP contribution in [0.5, 0.6) is 0 Å². The molecule has 6 heteroatoms. The molecular formula is C14H21N5S. The standard InChI is InChI=1S/C14H21N5S/c1-2-15-14(17-11-13-5-10-20-12-13)16-6-3-8-19-9-4-7-18-19/h4-5,7,9-10,12H,2-3,6,8,11H2,1H3,(H2,15,16,17). The molecule has 2 N–H and O–H groups in total. The van der Waals surface area contributed by atoms with Crippen LogP contribution in [0.4, 0.5) is 0 Å². The van der Waals surface area contributed by atoms with Crippen LogP contribution in [0.2, 0.25) is 0 Å². The number of hydrogen-bond acceptors (Lipinski definition) is 3. The van der Waals surface area contributed by atoms with Crippen LogP contribution < -0.4 is 10.6 Å². The van der Waals surface area contributed by atoms with Gasteiger partial charge in [-0.1, -0.05) is 0 Å². The molecule has 0 bridgehead atoms. The largest absolute Gasteiger partial charge is 0.357 e. The number of nitrogens with zero attached hydrogens (tertiary/aromatic N) is 3. The molecule has 0 saturated heterocycles. The lowest BCUT2D eigenvalue weighted by atomic mass is 10.3. The van der Waals surface area contributed by atoms with Crippen molar-refractivity contribution in [3.63, 3.8) is 0 Å². The predicted molar refractivity (Wildman–Crippen MR) is 84.0 cm³/mol. The fourth-order valence-corrected chi connectivity index (χ4v) is 2.44. The molecule has 0 fully saturated rings. The normalized spacial score (nSPS) is 11.6. The summed E-state index contributed by atoms with van der Waals surface area (Å²) in [4.78, 5) is 4.57. The fraction of sp³-hybridized carbons (Fsp3) is 0.429. The second-order valence-electron chi connectivity index (χ2n) is 4.38. The molecule has 108 valence electrons. The quantitative estimate of drug-likeness (QED) is 0.466. The zero-order valence-electron chi connectivity index (χ0n) is 11.7. The molecule has 0 radical (unpaired) electrons. The number of aryl methyl sites for hydroxylation is 1. The molecular weight excluding hydrogens is 270 g/mol. The Morgan fingerprint density at radius 3 is 3.10 bits per heavy atom. The van der Waals surface area contributed by atoms with Crippen molar-refractivity contribution in [2.75, 3.05) is 13.1 Å². The third-order valence-corrected chi connectivity index (χ3v) is 3.49. The Balaban J connectivity index is 1.72. The molecule has 0 aliphatic heterocycles. The average molecular weight is 291 g/mol. The lowest BCUT2D eigenvalue weighted by molar-refractivity contribution is 0.570. The zero-order valence-corrected chi connectivity index (χ0v) is 12.6. The molecule has 20 heavy (non-hydrogen) atoms. The Kier molecular flexibility index (Phi) is 6.10. The minimum absolute atomic E-state index is 0.720. The summed E-state index contributed by atoms with van der Waals surface area (Å²) >= 11 is 1.70. The van der Waals surface area contributed by atoms with E-state index in [1.807, 2.05) is 16.9 Å². The number of hydrogen-bond donors (Lipinski definition) is 2. The maximum absolute atomic E-state index is 4.57. The van der Waals surface area contributed by atoms with Crippen molar-refractivity contribution in [2.45, 2.75) is 26.4 Å². The van der Waals surface area contributed by atoms with Crippen molar-refractivity contribution in [1.29, 1.82) is 0 Å². The monoisotopic (exact) mass is 291 g/mol. The first kappa shape index (κ1) is 14.6. The number of aliphatic imine (C=N–C) groups is 1. The first-order chi connectivity index (χ1) is 9.88. The van der Waals surface area contributed by atoms with Crippen LogP contribution >= 0.6 is 11.3 Å². The van der Waals surface area contributed by atoms with E-state index in [1.54, 1.807) is 17.5 Å². The van der Waals surface area contributed by atoms with Crippen molar-refractivity contribution < 1.29 is 0 Å². The van der Waals surface area contributed by atoms with Gasteiger partial charge >= 0.3 is 0 Å². The minimum Gasteiger partial charge on any atom is -0.357 e. The highest BCUT2D eigenvalue weighted by Crippen LogP contribution is 2.06. The lowest BCUT2D eigenvalue weighted by Gasteiger charge is -2.11. The van der Waals surface area contributed by atoms with Gasteiger partial charge in [0.05, 0.1) is 6.54 Å². The maximum atomic E-state index is 4.57. The predicted octanol–water partition coefficient (Wildman–Crippen LogP) is 2.09. The molecule has 2 rings (SSSR count). The number of aromatic nitrogens is 2. The SMILES string of the molecule is CCNC(=NCc1ccsc1)NCCCn1cccn1. The van der Waals surface area contributed by atoms with Gasteiger partial charge < -0.3 is 10.6 Å². The molecule has 0 spiro atoms. The van der Waals surface area contributed by atoms with Gasteiger partial charge in [-0.3, -0.25) is 4.68 Å². The summed E-state index contributed by atoms with van der Waals surface area (Å²) in [6, 6.07) is 4.05. The maximum Gasteiger partial charge on any atom is 0.191 e. The summed E-state index contributed by atoms with van der Waals surface area (Å²) in [5.74, 6) is 0.874. The van der Waals surface area contributed by atoms with E-state index in [4.69, 9.17) is 0 Å². The van der Waals surface area contributed by atoms with Gasteiger partial charge in [-0.05, 0) is 41.8 Å². The molecule has 0 aliphatic rings. The summed E-state index contributed by atoms with van der Waals surface area (Å²) in [6.45, 7) is 5.47. The van der Waals surface area contributed by atoms with Crippen LogP contribution in [0.25, 0.3) is 0 Å². The van der Waals surface area contributed by atoms with Crippen molar-refractivity contribution in [2.24, 2.45) is 4.99 Å². The summed E-state index contributed by atoms with van der Waals surface area (Å²) in [5, 5.41) is 15.0.